The topological polar surface area (TPSA) is 130 Å². The molecular weight excluding hydrogens is 754 g/mol. The van der Waals surface area contributed by atoms with E-state index in [1.165, 1.54) is 30.5 Å². The van der Waals surface area contributed by atoms with E-state index in [1.807, 2.05) is 11.8 Å². The molecule has 12 nitrogen and oxygen atoms in total. The number of halogens is 3. The molecule has 1 saturated carbocycles. The van der Waals surface area contributed by atoms with E-state index in [0.717, 1.165) is 38.6 Å². The number of esters is 1. The highest BCUT2D eigenvalue weighted by Crippen LogP contribution is 2.43. The van der Waals surface area contributed by atoms with Gasteiger partial charge >= 0.3 is 18.1 Å². The van der Waals surface area contributed by atoms with Crippen LogP contribution < -0.4 is 9.64 Å². The number of aromatic nitrogens is 3. The second-order valence-electron chi connectivity index (χ2n) is 16.4. The Balaban J connectivity index is 1.07. The Morgan fingerprint density at radius 3 is 2.59 bits per heavy atom. The number of phenolic OH excluding ortho intramolecular Hbond substituents is 1. The molecular formula is C43H45F3N6O6. The molecule has 4 saturated heterocycles. The normalized spacial score (nSPS) is 24.8. The van der Waals surface area contributed by atoms with Crippen LogP contribution in [-0.4, -0.2) is 105 Å². The van der Waals surface area contributed by atoms with E-state index >= 15 is 8.78 Å². The van der Waals surface area contributed by atoms with Gasteiger partial charge in [-0.25, -0.2) is 18.0 Å². The molecule has 3 unspecified atom stereocenters. The summed E-state index contributed by atoms with van der Waals surface area (Å²) >= 11 is 0. The van der Waals surface area contributed by atoms with Crippen molar-refractivity contribution in [3.05, 3.63) is 47.7 Å². The molecule has 1 amide bonds. The first-order chi connectivity index (χ1) is 28.1. The number of carbonyl (C=O) groups is 2. The van der Waals surface area contributed by atoms with Crippen molar-refractivity contribution in [1.82, 2.24) is 24.8 Å². The third kappa shape index (κ3) is 6.68. The first-order valence-electron chi connectivity index (χ1n) is 20.3. The summed E-state index contributed by atoms with van der Waals surface area (Å²) in [6, 6.07) is 4.67. The van der Waals surface area contributed by atoms with Crippen molar-refractivity contribution in [2.24, 2.45) is 5.92 Å². The molecule has 6 heterocycles. The van der Waals surface area contributed by atoms with Crippen LogP contribution in [0.4, 0.5) is 23.8 Å². The van der Waals surface area contributed by atoms with E-state index in [1.54, 1.807) is 4.90 Å². The fourth-order valence-corrected chi connectivity index (χ4v) is 9.77. The zero-order valence-corrected chi connectivity index (χ0v) is 32.3. The van der Waals surface area contributed by atoms with Crippen LogP contribution in [0.5, 0.6) is 11.8 Å². The number of ether oxygens (including phenoxy) is 3. The number of anilines is 1. The van der Waals surface area contributed by atoms with E-state index in [9.17, 15) is 19.1 Å². The van der Waals surface area contributed by atoms with Crippen LogP contribution in [0.3, 0.4) is 0 Å². The van der Waals surface area contributed by atoms with E-state index in [-0.39, 0.29) is 75.9 Å². The van der Waals surface area contributed by atoms with E-state index < -0.39 is 41.7 Å². The summed E-state index contributed by atoms with van der Waals surface area (Å²) in [6.45, 7) is 3.73. The minimum atomic E-state index is -0.983. The van der Waals surface area contributed by atoms with Crippen LogP contribution in [0.25, 0.3) is 32.9 Å². The lowest BCUT2D eigenvalue weighted by atomic mass is 9.85. The molecule has 0 spiro atoms. The summed E-state index contributed by atoms with van der Waals surface area (Å²) in [5, 5.41) is 11.5. The van der Waals surface area contributed by atoms with Crippen molar-refractivity contribution >= 4 is 39.6 Å². The summed E-state index contributed by atoms with van der Waals surface area (Å²) in [6.07, 6.45) is 11.5. The Morgan fingerprint density at radius 1 is 1.07 bits per heavy atom. The average molecular weight is 799 g/mol. The van der Waals surface area contributed by atoms with Crippen molar-refractivity contribution in [3.8, 4) is 35.4 Å². The number of terminal acetylenes is 1. The average Bonchev–Trinajstić information content (AvgIpc) is 3.79. The Bertz CT molecular complexity index is 2320. The van der Waals surface area contributed by atoms with Gasteiger partial charge in [-0.05, 0) is 75.1 Å². The zero-order chi connectivity index (χ0) is 40.3. The second-order valence-corrected chi connectivity index (χ2v) is 16.4. The fraction of sp³-hybridized carbons (Fsp3) is 0.512. The highest BCUT2D eigenvalue weighted by atomic mass is 19.1. The number of aromatic hydroxyl groups is 1. The van der Waals surface area contributed by atoms with Crippen LogP contribution >= 0.6 is 0 Å². The summed E-state index contributed by atoms with van der Waals surface area (Å²) in [5.41, 5.74) is -0.883. The molecule has 304 valence electrons. The number of benzene rings is 2. The Hall–Kier alpha value is -5.36. The number of hydrogen-bond acceptors (Lipinski definition) is 11. The number of carbonyl (C=O) groups excluding carboxylic acids is 2. The predicted molar refractivity (Wildman–Crippen MR) is 208 cm³/mol. The van der Waals surface area contributed by atoms with Crippen molar-refractivity contribution < 1.29 is 42.1 Å². The number of phenols is 1. The van der Waals surface area contributed by atoms with Crippen molar-refractivity contribution in [2.75, 3.05) is 37.7 Å². The Labute approximate surface area is 333 Å². The van der Waals surface area contributed by atoms with Crippen molar-refractivity contribution in [2.45, 2.75) is 101 Å². The summed E-state index contributed by atoms with van der Waals surface area (Å²) in [4.78, 5) is 45.9. The monoisotopic (exact) mass is 798 g/mol. The molecule has 5 atom stereocenters. The Morgan fingerprint density at radius 2 is 1.86 bits per heavy atom. The van der Waals surface area contributed by atoms with Crippen LogP contribution in [0.15, 0.2) is 30.5 Å². The lowest BCUT2D eigenvalue weighted by Crippen LogP contribution is -2.57. The maximum absolute atomic E-state index is 17.2. The second kappa shape index (κ2) is 15.1. The van der Waals surface area contributed by atoms with Gasteiger partial charge in [0.25, 0.3) is 6.29 Å². The lowest BCUT2D eigenvalue weighted by molar-refractivity contribution is -0.185. The van der Waals surface area contributed by atoms with Crippen LogP contribution in [-0.2, 0) is 14.3 Å². The van der Waals surface area contributed by atoms with Crippen LogP contribution in [0.2, 0.25) is 0 Å². The fourth-order valence-electron chi connectivity index (χ4n) is 9.77. The molecule has 15 heteroatoms. The number of piperazine rings is 1. The molecule has 58 heavy (non-hydrogen) atoms. The molecule has 1 aliphatic carbocycles. The molecule has 1 N–H and O–H groups in total. The van der Waals surface area contributed by atoms with E-state index in [4.69, 9.17) is 25.6 Å². The number of hydrogen-bond donors (Lipinski definition) is 1. The molecule has 4 aromatic rings. The molecule has 4 aliphatic heterocycles. The third-order valence-electron chi connectivity index (χ3n) is 12.8. The molecule has 2 bridgehead atoms. The van der Waals surface area contributed by atoms with Crippen molar-refractivity contribution in [3.63, 3.8) is 0 Å². The summed E-state index contributed by atoms with van der Waals surface area (Å²) < 4.78 is 64.7. The standard InChI is InChI=1S/C43H45F3N6O6/c1-3-7-34(54)57-40(24-8-5-9-24)58-42(55)52-27-11-12-28(52)22-50(21-27)39-32-19-47-37(31-17-29(53)16-25-10-13-33(45)30(4-2)35(25)31)36(46)38(32)48-41(49-39)56-23-43-14-6-15-51(43)20-26(44)18-43/h2,10,13,16-17,19,24,26-28,40,53H,3,5-9,11-12,14-15,18,20-23H2,1H3/t26-,27?,28?,40?,43+/m1/s1. The Kier molecular flexibility index (Phi) is 9.94. The van der Waals surface area contributed by atoms with Gasteiger partial charge in [0.2, 0.25) is 0 Å². The van der Waals surface area contributed by atoms with E-state index in [2.05, 4.69) is 20.8 Å². The molecule has 5 aliphatic rings. The van der Waals surface area contributed by atoms with E-state index in [0.29, 0.717) is 56.5 Å². The maximum atomic E-state index is 17.2. The molecule has 2 aromatic heterocycles. The number of rotatable bonds is 10. The summed E-state index contributed by atoms with van der Waals surface area (Å²) in [5.74, 6) is 0.541. The zero-order valence-electron chi connectivity index (χ0n) is 32.3. The van der Waals surface area contributed by atoms with Gasteiger partial charge in [0.15, 0.2) is 5.82 Å². The van der Waals surface area contributed by atoms with Gasteiger partial charge in [-0.3, -0.25) is 19.6 Å². The molecule has 0 radical (unpaired) electrons. The number of amides is 1. The van der Waals surface area contributed by atoms with Crippen LogP contribution in [0.1, 0.15) is 76.7 Å². The minimum absolute atomic E-state index is 0.0345. The van der Waals surface area contributed by atoms with Gasteiger partial charge < -0.3 is 24.2 Å². The highest BCUT2D eigenvalue weighted by molar-refractivity contribution is 6.03. The molecule has 9 rings (SSSR count). The van der Waals surface area contributed by atoms with Crippen molar-refractivity contribution in [1.29, 1.82) is 0 Å². The van der Waals surface area contributed by atoms with Gasteiger partial charge in [-0.2, -0.15) is 9.97 Å². The first kappa shape index (κ1) is 38.2. The van der Waals surface area contributed by atoms with Gasteiger partial charge in [0, 0.05) is 55.5 Å². The first-order valence-corrected chi connectivity index (χ1v) is 20.3. The number of nitrogens with zero attached hydrogens (tertiary/aromatic N) is 6. The van der Waals surface area contributed by atoms with Gasteiger partial charge in [0.1, 0.15) is 41.4 Å². The van der Waals surface area contributed by atoms with Gasteiger partial charge in [0.05, 0.1) is 28.6 Å². The number of alkyl halides is 1. The number of fused-ring (bicyclic) bond motifs is 5. The molecule has 2 aromatic carbocycles. The lowest BCUT2D eigenvalue weighted by Gasteiger charge is -2.42. The van der Waals surface area contributed by atoms with Crippen LogP contribution in [0, 0.1) is 29.9 Å². The third-order valence-corrected chi connectivity index (χ3v) is 12.8. The molecule has 5 fully saturated rings. The quantitative estimate of drug-likeness (QED) is 0.101. The minimum Gasteiger partial charge on any atom is -0.508 e. The largest absolute Gasteiger partial charge is 0.508 e. The number of pyridine rings is 1. The predicted octanol–water partition coefficient (Wildman–Crippen LogP) is 7.02. The summed E-state index contributed by atoms with van der Waals surface area (Å²) in [7, 11) is 0. The smallest absolute Gasteiger partial charge is 0.413 e. The maximum Gasteiger partial charge on any atom is 0.413 e. The SMILES string of the molecule is C#Cc1c(F)ccc2cc(O)cc(-c3ncc4c(N5CC6CCC(C5)N6C(=O)OC(OC(=O)CCC)C5CCC5)nc(OC[C@@]56CCCN5C[C@H](F)C6)nc4c3F)c12. The van der Waals surface area contributed by atoms with Gasteiger partial charge in [-0.15, -0.1) is 6.42 Å². The van der Waals surface area contributed by atoms with Gasteiger partial charge in [-0.1, -0.05) is 25.3 Å². The highest BCUT2D eigenvalue weighted by Gasteiger charge is 2.50.